The van der Waals surface area contributed by atoms with Crippen molar-refractivity contribution in [1.82, 2.24) is 0 Å². The minimum atomic E-state index is -0.908. The van der Waals surface area contributed by atoms with Crippen molar-refractivity contribution in [3.8, 4) is 17.2 Å². The molecule has 1 heterocycles. The van der Waals surface area contributed by atoms with Crippen LogP contribution in [-0.4, -0.2) is 37.1 Å². The van der Waals surface area contributed by atoms with Crippen LogP contribution in [0.15, 0.2) is 78.4 Å². The van der Waals surface area contributed by atoms with Crippen LogP contribution in [0.25, 0.3) is 5.76 Å². The monoisotopic (exact) mass is 473 g/mol. The second kappa shape index (κ2) is 9.93. The molecule has 3 aromatic rings. The van der Waals surface area contributed by atoms with E-state index < -0.39 is 17.7 Å². The molecular weight excluding hydrogens is 446 g/mol. The van der Waals surface area contributed by atoms with Gasteiger partial charge in [-0.15, -0.1) is 0 Å². The molecule has 4 rings (SSSR count). The second-order valence-corrected chi connectivity index (χ2v) is 8.30. The first-order valence-electron chi connectivity index (χ1n) is 11.2. The predicted molar refractivity (Wildman–Crippen MR) is 133 cm³/mol. The molecule has 180 valence electrons. The highest BCUT2D eigenvalue weighted by atomic mass is 16.5. The molecule has 1 fully saturated rings. The largest absolute Gasteiger partial charge is 0.507 e. The fourth-order valence-electron chi connectivity index (χ4n) is 4.17. The molecule has 1 N–H and O–H groups in total. The Bertz CT molecular complexity index is 1280. The van der Waals surface area contributed by atoms with Crippen LogP contribution >= 0.6 is 0 Å². The van der Waals surface area contributed by atoms with Crippen LogP contribution in [0.2, 0.25) is 0 Å². The smallest absolute Gasteiger partial charge is 0.300 e. The highest BCUT2D eigenvalue weighted by Gasteiger charge is 2.47. The standard InChI is InChI=1S/C28H27NO6/c1-17(2)35-20-14-12-19(13-15-20)29-25(22-10-5-6-11-23(22)34-4)24(27(31)28(29)32)26(30)18-8-7-9-21(16-18)33-3/h5-17,25,30H,1-4H3/b26-24-. The Morgan fingerprint density at radius 3 is 2.26 bits per heavy atom. The first-order chi connectivity index (χ1) is 16.8. The van der Waals surface area contributed by atoms with E-state index in [1.165, 1.54) is 19.1 Å². The minimum absolute atomic E-state index is 0.00785. The third kappa shape index (κ3) is 4.57. The summed E-state index contributed by atoms with van der Waals surface area (Å²) in [5.74, 6) is -0.184. The zero-order chi connectivity index (χ0) is 25.1. The van der Waals surface area contributed by atoms with Crippen molar-refractivity contribution >= 4 is 23.1 Å². The molecule has 1 atom stereocenters. The van der Waals surface area contributed by atoms with Crippen molar-refractivity contribution in [1.29, 1.82) is 0 Å². The van der Waals surface area contributed by atoms with Crippen molar-refractivity contribution in [2.75, 3.05) is 19.1 Å². The summed E-state index contributed by atoms with van der Waals surface area (Å²) < 4.78 is 16.5. The number of para-hydroxylation sites is 1. The zero-order valence-electron chi connectivity index (χ0n) is 20.0. The number of Topliss-reactive ketones (excluding diaryl/α,β-unsaturated/α-hetero) is 1. The van der Waals surface area contributed by atoms with Gasteiger partial charge in [0.1, 0.15) is 23.0 Å². The van der Waals surface area contributed by atoms with Gasteiger partial charge in [-0.05, 0) is 56.3 Å². The Hall–Kier alpha value is -4.26. The van der Waals surface area contributed by atoms with E-state index in [1.807, 2.05) is 13.8 Å². The first kappa shape index (κ1) is 23.9. The van der Waals surface area contributed by atoms with Crippen LogP contribution in [-0.2, 0) is 9.59 Å². The normalized spacial score (nSPS) is 17.1. The number of hydrogen-bond acceptors (Lipinski definition) is 6. The highest BCUT2D eigenvalue weighted by Crippen LogP contribution is 2.45. The molecule has 7 heteroatoms. The van der Waals surface area contributed by atoms with E-state index >= 15 is 0 Å². The number of ketones is 1. The molecule has 7 nitrogen and oxygen atoms in total. The molecule has 35 heavy (non-hydrogen) atoms. The summed E-state index contributed by atoms with van der Waals surface area (Å²) in [5, 5.41) is 11.3. The van der Waals surface area contributed by atoms with Crippen LogP contribution in [0, 0.1) is 0 Å². The van der Waals surface area contributed by atoms with Crippen molar-refractivity contribution in [2.24, 2.45) is 0 Å². The average Bonchev–Trinajstić information content (AvgIpc) is 3.13. The summed E-state index contributed by atoms with van der Waals surface area (Å²) in [5.41, 5.74) is 1.39. The van der Waals surface area contributed by atoms with E-state index in [0.29, 0.717) is 34.1 Å². The van der Waals surface area contributed by atoms with Gasteiger partial charge >= 0.3 is 0 Å². The van der Waals surface area contributed by atoms with Crippen LogP contribution in [0.1, 0.15) is 31.0 Å². The number of nitrogens with zero attached hydrogens (tertiary/aromatic N) is 1. The molecule has 0 aromatic heterocycles. The van der Waals surface area contributed by atoms with Gasteiger partial charge in [0.05, 0.1) is 31.9 Å². The van der Waals surface area contributed by atoms with Gasteiger partial charge in [-0.25, -0.2) is 0 Å². The van der Waals surface area contributed by atoms with Crippen LogP contribution in [0.5, 0.6) is 17.2 Å². The summed E-state index contributed by atoms with van der Waals surface area (Å²) in [7, 11) is 3.03. The van der Waals surface area contributed by atoms with Gasteiger partial charge in [-0.2, -0.15) is 0 Å². The molecule has 0 aliphatic carbocycles. The number of hydrogen-bond donors (Lipinski definition) is 1. The Balaban J connectivity index is 1.91. The quantitative estimate of drug-likeness (QED) is 0.291. The van der Waals surface area contributed by atoms with Crippen molar-refractivity contribution in [3.63, 3.8) is 0 Å². The lowest BCUT2D eigenvalue weighted by molar-refractivity contribution is -0.132. The summed E-state index contributed by atoms with van der Waals surface area (Å²) in [6.45, 7) is 3.85. The van der Waals surface area contributed by atoms with Gasteiger partial charge in [0.25, 0.3) is 11.7 Å². The molecule has 0 spiro atoms. The number of amides is 1. The van der Waals surface area contributed by atoms with Crippen molar-refractivity contribution in [2.45, 2.75) is 26.0 Å². The van der Waals surface area contributed by atoms with Gasteiger partial charge in [-0.3, -0.25) is 14.5 Å². The van der Waals surface area contributed by atoms with Gasteiger partial charge in [0.2, 0.25) is 0 Å². The number of benzene rings is 3. The maximum Gasteiger partial charge on any atom is 0.300 e. The third-order valence-corrected chi connectivity index (χ3v) is 5.71. The molecule has 1 saturated heterocycles. The van der Waals surface area contributed by atoms with Gasteiger partial charge in [0.15, 0.2) is 0 Å². The molecular formula is C28H27NO6. The third-order valence-electron chi connectivity index (χ3n) is 5.71. The van der Waals surface area contributed by atoms with E-state index in [2.05, 4.69) is 0 Å². The fraction of sp³-hybridized carbons (Fsp3) is 0.214. The lowest BCUT2D eigenvalue weighted by Crippen LogP contribution is -2.29. The van der Waals surface area contributed by atoms with Crippen LogP contribution < -0.4 is 19.1 Å². The summed E-state index contributed by atoms with van der Waals surface area (Å²) >= 11 is 0. The Kier molecular flexibility index (Phi) is 6.78. The second-order valence-electron chi connectivity index (χ2n) is 8.30. The first-order valence-corrected chi connectivity index (χ1v) is 11.2. The summed E-state index contributed by atoms with van der Waals surface area (Å²) in [4.78, 5) is 28.1. The van der Waals surface area contributed by atoms with Gasteiger partial charge < -0.3 is 19.3 Å². The molecule has 0 bridgehead atoms. The fourth-order valence-corrected chi connectivity index (χ4v) is 4.17. The lowest BCUT2D eigenvalue weighted by atomic mass is 9.94. The molecule has 3 aromatic carbocycles. The lowest BCUT2D eigenvalue weighted by Gasteiger charge is -2.27. The maximum atomic E-state index is 13.4. The maximum absolute atomic E-state index is 13.4. The van der Waals surface area contributed by atoms with Crippen molar-refractivity contribution in [3.05, 3.63) is 89.5 Å². The van der Waals surface area contributed by atoms with E-state index in [1.54, 1.807) is 72.8 Å². The van der Waals surface area contributed by atoms with Crippen LogP contribution in [0.4, 0.5) is 5.69 Å². The number of ether oxygens (including phenoxy) is 3. The molecule has 1 aliphatic heterocycles. The number of carbonyl (C=O) groups excluding carboxylic acids is 2. The number of aliphatic hydroxyl groups excluding tert-OH is 1. The van der Waals surface area contributed by atoms with E-state index in [9.17, 15) is 14.7 Å². The number of methoxy groups -OCH3 is 2. The minimum Gasteiger partial charge on any atom is -0.507 e. The van der Waals surface area contributed by atoms with Gasteiger partial charge in [0, 0.05) is 16.8 Å². The molecule has 0 radical (unpaired) electrons. The molecule has 1 amide bonds. The summed E-state index contributed by atoms with van der Waals surface area (Å²) in [6.07, 6.45) is -0.00785. The predicted octanol–water partition coefficient (Wildman–Crippen LogP) is 5.12. The summed E-state index contributed by atoms with van der Waals surface area (Å²) in [6, 6.07) is 19.8. The van der Waals surface area contributed by atoms with E-state index in [-0.39, 0.29) is 17.4 Å². The zero-order valence-corrected chi connectivity index (χ0v) is 20.0. The number of carbonyl (C=O) groups is 2. The van der Waals surface area contributed by atoms with E-state index in [4.69, 9.17) is 14.2 Å². The Labute approximate surface area is 204 Å². The molecule has 1 unspecified atom stereocenters. The van der Waals surface area contributed by atoms with Crippen LogP contribution in [0.3, 0.4) is 0 Å². The SMILES string of the molecule is COc1cccc(/C(O)=C2/C(=O)C(=O)N(c3ccc(OC(C)C)cc3)C2c2ccccc2OC)c1. The number of anilines is 1. The topological polar surface area (TPSA) is 85.3 Å². The molecule has 1 aliphatic rings. The average molecular weight is 474 g/mol. The van der Waals surface area contributed by atoms with Crippen molar-refractivity contribution < 1.29 is 28.9 Å². The highest BCUT2D eigenvalue weighted by molar-refractivity contribution is 6.51. The number of rotatable bonds is 7. The van der Waals surface area contributed by atoms with E-state index in [0.717, 1.165) is 0 Å². The Morgan fingerprint density at radius 2 is 1.60 bits per heavy atom. The molecule has 0 saturated carbocycles. The Morgan fingerprint density at radius 1 is 0.886 bits per heavy atom. The number of aliphatic hydroxyl groups is 1. The van der Waals surface area contributed by atoms with Gasteiger partial charge in [-0.1, -0.05) is 30.3 Å².